The van der Waals surface area contributed by atoms with Gasteiger partial charge in [-0.05, 0) is 47.0 Å². The molecule has 0 unspecified atom stereocenters. The second-order valence-corrected chi connectivity index (χ2v) is 9.18. The monoisotopic (exact) mass is 508 g/mol. The Labute approximate surface area is 221 Å². The van der Waals surface area contributed by atoms with E-state index in [2.05, 4.69) is 0 Å². The quantitative estimate of drug-likeness (QED) is 0.331. The predicted octanol–water partition coefficient (Wildman–Crippen LogP) is 5.24. The van der Waals surface area contributed by atoms with Crippen molar-refractivity contribution < 1.29 is 24.2 Å². The Kier molecular flexibility index (Phi) is 7.00. The van der Waals surface area contributed by atoms with E-state index < -0.39 is 17.9 Å². The normalized spacial score (nSPS) is 14.6. The molecular formula is C31H28N2O5. The lowest BCUT2D eigenvalue weighted by Crippen LogP contribution is -2.50. The molecule has 1 atom stereocenters. The largest absolute Gasteiger partial charge is 0.493 e. The molecule has 0 aliphatic carbocycles. The van der Waals surface area contributed by atoms with Crippen molar-refractivity contribution in [2.24, 2.45) is 0 Å². The Morgan fingerprint density at radius 3 is 2.05 bits per heavy atom. The van der Waals surface area contributed by atoms with E-state index in [0.29, 0.717) is 28.5 Å². The average molecular weight is 509 g/mol. The van der Waals surface area contributed by atoms with Gasteiger partial charge >= 0.3 is 5.97 Å². The van der Waals surface area contributed by atoms with E-state index in [4.69, 9.17) is 15.2 Å². The molecule has 0 aromatic heterocycles. The van der Waals surface area contributed by atoms with Crippen LogP contribution in [-0.2, 0) is 22.6 Å². The van der Waals surface area contributed by atoms with Gasteiger partial charge in [0.15, 0.2) is 11.5 Å². The third-order valence-corrected chi connectivity index (χ3v) is 6.84. The number of carboxylic acid groups (broad SMARTS) is 1. The minimum absolute atomic E-state index is 0.0776. The summed E-state index contributed by atoms with van der Waals surface area (Å²) in [4.78, 5) is 28.2. The van der Waals surface area contributed by atoms with Crippen LogP contribution in [0.25, 0.3) is 0 Å². The lowest BCUT2D eigenvalue weighted by molar-refractivity contribution is -0.151. The van der Waals surface area contributed by atoms with Gasteiger partial charge in [-0.2, -0.15) is 0 Å². The summed E-state index contributed by atoms with van der Waals surface area (Å²) < 4.78 is 11.7. The topological polar surface area (TPSA) is 102 Å². The maximum Gasteiger partial charge on any atom is 0.326 e. The van der Waals surface area contributed by atoms with E-state index >= 15 is 0 Å². The SMILES string of the molecule is COc1ccc2c(c1Oc1ccc(N)cc1)C[C@@H](C(=O)O)N(C(=O)C(c1ccccc1)c1ccccc1)C2. The van der Waals surface area contributed by atoms with Crippen LogP contribution in [0.15, 0.2) is 97.1 Å². The number of anilines is 1. The number of hydrogen-bond acceptors (Lipinski definition) is 5. The number of ether oxygens (including phenoxy) is 2. The molecule has 4 aromatic carbocycles. The average Bonchev–Trinajstić information content (AvgIpc) is 2.95. The number of rotatable bonds is 7. The number of amides is 1. The van der Waals surface area contributed by atoms with Crippen LogP contribution in [0.2, 0.25) is 0 Å². The van der Waals surface area contributed by atoms with Crippen LogP contribution in [0.5, 0.6) is 17.2 Å². The lowest BCUT2D eigenvalue weighted by atomic mass is 9.87. The van der Waals surface area contributed by atoms with Crippen molar-refractivity contribution in [3.63, 3.8) is 0 Å². The standard InChI is InChI=1S/C31H28N2O5/c1-37-27-17-12-22-19-33(30(34)28(20-8-4-2-5-9-20)21-10-6-3-7-11-21)26(31(35)36)18-25(22)29(27)38-24-15-13-23(32)14-16-24/h2-17,26,28H,18-19,32H2,1H3,(H,35,36)/t26-/m0/s1. The Morgan fingerprint density at radius 2 is 1.50 bits per heavy atom. The molecule has 38 heavy (non-hydrogen) atoms. The van der Waals surface area contributed by atoms with E-state index in [1.165, 1.54) is 12.0 Å². The minimum atomic E-state index is -1.08. The first-order chi connectivity index (χ1) is 18.5. The number of carbonyl (C=O) groups excluding carboxylic acids is 1. The van der Waals surface area contributed by atoms with Gasteiger partial charge < -0.3 is 25.2 Å². The van der Waals surface area contributed by atoms with Crippen LogP contribution >= 0.6 is 0 Å². The van der Waals surface area contributed by atoms with Crippen molar-refractivity contribution in [1.29, 1.82) is 0 Å². The summed E-state index contributed by atoms with van der Waals surface area (Å²) in [5.41, 5.74) is 9.53. The number of carboxylic acids is 1. The minimum Gasteiger partial charge on any atom is -0.493 e. The number of methoxy groups -OCH3 is 1. The first-order valence-corrected chi connectivity index (χ1v) is 12.3. The van der Waals surface area contributed by atoms with Gasteiger partial charge in [0.1, 0.15) is 11.8 Å². The molecule has 0 bridgehead atoms. The Hall–Kier alpha value is -4.78. The van der Waals surface area contributed by atoms with Gasteiger partial charge in [-0.1, -0.05) is 66.7 Å². The zero-order valence-electron chi connectivity index (χ0n) is 20.9. The maximum absolute atomic E-state index is 14.1. The molecule has 1 aliphatic rings. The number of fused-ring (bicyclic) bond motifs is 1. The molecule has 0 radical (unpaired) electrons. The van der Waals surface area contributed by atoms with Gasteiger partial charge in [0.2, 0.25) is 5.91 Å². The van der Waals surface area contributed by atoms with E-state index in [-0.39, 0.29) is 18.9 Å². The van der Waals surface area contributed by atoms with Crippen LogP contribution in [-0.4, -0.2) is 35.0 Å². The molecule has 0 saturated carbocycles. The molecular weight excluding hydrogens is 480 g/mol. The number of nitrogens with two attached hydrogens (primary N) is 1. The molecule has 3 N–H and O–H groups in total. The van der Waals surface area contributed by atoms with Crippen molar-refractivity contribution in [1.82, 2.24) is 4.90 Å². The molecule has 0 saturated heterocycles. The molecule has 192 valence electrons. The predicted molar refractivity (Wildman–Crippen MR) is 144 cm³/mol. The van der Waals surface area contributed by atoms with Crippen LogP contribution in [0.4, 0.5) is 5.69 Å². The number of nitrogen functional groups attached to an aromatic ring is 1. The number of hydrogen-bond donors (Lipinski definition) is 2. The zero-order valence-corrected chi connectivity index (χ0v) is 20.9. The summed E-state index contributed by atoms with van der Waals surface area (Å²) in [5.74, 6) is -0.511. The second-order valence-electron chi connectivity index (χ2n) is 9.18. The van der Waals surface area contributed by atoms with Crippen molar-refractivity contribution in [2.75, 3.05) is 12.8 Å². The van der Waals surface area contributed by atoms with E-state index in [0.717, 1.165) is 16.7 Å². The van der Waals surface area contributed by atoms with Crippen LogP contribution in [0.1, 0.15) is 28.2 Å². The van der Waals surface area contributed by atoms with Crippen LogP contribution in [0, 0.1) is 0 Å². The first-order valence-electron chi connectivity index (χ1n) is 12.3. The summed E-state index contributed by atoms with van der Waals surface area (Å²) >= 11 is 0. The van der Waals surface area contributed by atoms with Crippen molar-refractivity contribution >= 4 is 17.6 Å². The fraction of sp³-hybridized carbons (Fsp3) is 0.161. The lowest BCUT2D eigenvalue weighted by Gasteiger charge is -2.37. The molecule has 1 aliphatic heterocycles. The van der Waals surface area contributed by atoms with Gasteiger partial charge in [0, 0.05) is 24.2 Å². The van der Waals surface area contributed by atoms with E-state index in [1.54, 1.807) is 30.3 Å². The summed E-state index contributed by atoms with van der Waals surface area (Å²) in [6.07, 6.45) is 0.0776. The molecule has 7 nitrogen and oxygen atoms in total. The Bertz CT molecular complexity index is 1400. The fourth-order valence-electron chi connectivity index (χ4n) is 4.93. The second kappa shape index (κ2) is 10.7. The van der Waals surface area contributed by atoms with E-state index in [9.17, 15) is 14.7 Å². The number of benzene rings is 4. The van der Waals surface area contributed by atoms with Crippen LogP contribution < -0.4 is 15.2 Å². The maximum atomic E-state index is 14.1. The molecule has 5 rings (SSSR count). The fourth-order valence-corrected chi connectivity index (χ4v) is 4.93. The van der Waals surface area contributed by atoms with Crippen LogP contribution in [0.3, 0.4) is 0 Å². The van der Waals surface area contributed by atoms with Crippen molar-refractivity contribution in [3.8, 4) is 17.2 Å². The number of nitrogens with zero attached hydrogens (tertiary/aromatic N) is 1. The third-order valence-electron chi connectivity index (χ3n) is 6.84. The molecule has 1 amide bonds. The third kappa shape index (κ3) is 4.91. The highest BCUT2D eigenvalue weighted by molar-refractivity contribution is 5.91. The molecule has 7 heteroatoms. The van der Waals surface area contributed by atoms with Crippen molar-refractivity contribution in [2.45, 2.75) is 24.9 Å². The molecule has 4 aromatic rings. The molecule has 0 fully saturated rings. The Morgan fingerprint density at radius 1 is 0.895 bits per heavy atom. The highest BCUT2D eigenvalue weighted by Gasteiger charge is 2.40. The van der Waals surface area contributed by atoms with Crippen molar-refractivity contribution in [3.05, 3.63) is 119 Å². The first kappa shape index (κ1) is 24.9. The highest BCUT2D eigenvalue weighted by Crippen LogP contribution is 2.42. The summed E-state index contributed by atoms with van der Waals surface area (Å²) in [6, 6.07) is 28.4. The van der Waals surface area contributed by atoms with Gasteiger partial charge in [0.25, 0.3) is 0 Å². The van der Waals surface area contributed by atoms with Gasteiger partial charge in [-0.15, -0.1) is 0 Å². The van der Waals surface area contributed by atoms with E-state index in [1.807, 2.05) is 66.7 Å². The summed E-state index contributed by atoms with van der Waals surface area (Å²) in [5, 5.41) is 10.3. The smallest absolute Gasteiger partial charge is 0.326 e. The van der Waals surface area contributed by atoms with Gasteiger partial charge in [-0.25, -0.2) is 4.79 Å². The highest BCUT2D eigenvalue weighted by atomic mass is 16.5. The number of aliphatic carboxylic acids is 1. The molecule has 0 spiro atoms. The number of carbonyl (C=O) groups is 2. The van der Waals surface area contributed by atoms with Gasteiger partial charge in [0.05, 0.1) is 13.0 Å². The molecule has 1 heterocycles. The summed E-state index contributed by atoms with van der Waals surface area (Å²) in [7, 11) is 1.54. The van der Waals surface area contributed by atoms with Gasteiger partial charge in [-0.3, -0.25) is 4.79 Å². The summed E-state index contributed by atoms with van der Waals surface area (Å²) in [6.45, 7) is 0.128. The zero-order chi connectivity index (χ0) is 26.6. The Balaban J connectivity index is 1.55.